The smallest absolute Gasteiger partial charge is 0.328 e. The highest BCUT2D eigenvalue weighted by Crippen LogP contribution is 2.35. The zero-order chi connectivity index (χ0) is 26.2. The number of aromatic amines is 1. The molecule has 2 aliphatic heterocycles. The van der Waals surface area contributed by atoms with E-state index in [9.17, 15) is 4.79 Å². The fourth-order valence-electron chi connectivity index (χ4n) is 6.29. The molecule has 1 unspecified atom stereocenters. The number of hydrogen-bond acceptors (Lipinski definition) is 7. The summed E-state index contributed by atoms with van der Waals surface area (Å²) in [4.78, 5) is 30.4. The minimum Gasteiger partial charge on any atom is -0.463 e. The van der Waals surface area contributed by atoms with Gasteiger partial charge in [0, 0.05) is 6.04 Å². The van der Waals surface area contributed by atoms with E-state index in [4.69, 9.17) is 15.5 Å². The number of unbranched alkanes of at least 4 members (excludes halogenated alkanes) is 2. The second-order valence-electron chi connectivity index (χ2n) is 11.1. The molecule has 0 spiro atoms. The van der Waals surface area contributed by atoms with Gasteiger partial charge in [-0.25, -0.2) is 4.79 Å². The van der Waals surface area contributed by atoms with Crippen LogP contribution < -0.4 is 16.2 Å². The molecule has 2 fully saturated rings. The van der Waals surface area contributed by atoms with E-state index < -0.39 is 0 Å². The third-order valence-electron chi connectivity index (χ3n) is 8.78. The first kappa shape index (κ1) is 27.9. The number of ether oxygens (including phenoxy) is 1. The molecule has 2 aliphatic rings. The largest absolute Gasteiger partial charge is 0.463 e. The zero-order valence-electron chi connectivity index (χ0n) is 23.4. The van der Waals surface area contributed by atoms with E-state index in [1.165, 1.54) is 45.3 Å². The van der Waals surface area contributed by atoms with E-state index in [-0.39, 0.29) is 23.6 Å². The molecule has 0 aromatic carbocycles. The molecule has 0 saturated carbocycles. The van der Waals surface area contributed by atoms with E-state index in [0.717, 1.165) is 64.1 Å². The van der Waals surface area contributed by atoms with Crippen LogP contribution in [0.1, 0.15) is 91.0 Å². The molecule has 0 bridgehead atoms. The van der Waals surface area contributed by atoms with Crippen LogP contribution in [0.5, 0.6) is 6.01 Å². The number of hydrogen-bond donors (Lipinski definition) is 2. The zero-order valence-corrected chi connectivity index (χ0v) is 23.4. The summed E-state index contributed by atoms with van der Waals surface area (Å²) in [5.41, 5.74) is 7.26. The Labute approximate surface area is 222 Å². The van der Waals surface area contributed by atoms with Crippen molar-refractivity contribution in [1.29, 1.82) is 0 Å². The standard InChI is InChI=1S/C28H49N7O2/c1-4-7-20-37-27-31-25(29)24-26(32-27)35(28(36)30-24)23(22-14-18-34(6-3)19-15-22)11-9-8-10-21-12-16-33(5-2)17-13-21/h21-23H,4-20H2,1-3H3,(H,30,36)(H2,29,31,32). The molecule has 4 heterocycles. The summed E-state index contributed by atoms with van der Waals surface area (Å²) in [5.74, 6) is 1.58. The van der Waals surface area contributed by atoms with Crippen molar-refractivity contribution in [1.82, 2.24) is 29.3 Å². The Balaban J connectivity index is 1.51. The summed E-state index contributed by atoms with van der Waals surface area (Å²) in [6.07, 6.45) is 11.5. The fourth-order valence-corrected chi connectivity index (χ4v) is 6.29. The Morgan fingerprint density at radius 2 is 1.65 bits per heavy atom. The van der Waals surface area contributed by atoms with Crippen molar-refractivity contribution in [2.24, 2.45) is 11.8 Å². The first-order chi connectivity index (χ1) is 18.0. The molecule has 0 radical (unpaired) electrons. The molecular formula is C28H49N7O2. The summed E-state index contributed by atoms with van der Waals surface area (Å²) in [5, 5.41) is 0. The van der Waals surface area contributed by atoms with Gasteiger partial charge in [0.1, 0.15) is 5.52 Å². The van der Waals surface area contributed by atoms with Crippen LogP contribution in [0.25, 0.3) is 11.2 Å². The van der Waals surface area contributed by atoms with E-state index in [0.29, 0.717) is 23.7 Å². The summed E-state index contributed by atoms with van der Waals surface area (Å²) in [6.45, 7) is 14.1. The maximum absolute atomic E-state index is 13.3. The van der Waals surface area contributed by atoms with Gasteiger partial charge in [0.05, 0.1) is 6.61 Å². The van der Waals surface area contributed by atoms with Crippen molar-refractivity contribution in [3.8, 4) is 6.01 Å². The summed E-state index contributed by atoms with van der Waals surface area (Å²) in [7, 11) is 0. The number of nitrogens with two attached hydrogens (primary N) is 1. The van der Waals surface area contributed by atoms with Crippen LogP contribution in [0.15, 0.2) is 4.79 Å². The molecule has 208 valence electrons. The number of imidazole rings is 1. The van der Waals surface area contributed by atoms with Gasteiger partial charge in [0.25, 0.3) is 0 Å². The summed E-state index contributed by atoms with van der Waals surface area (Å²) < 4.78 is 7.69. The van der Waals surface area contributed by atoms with Crippen molar-refractivity contribution in [2.75, 3.05) is 51.6 Å². The van der Waals surface area contributed by atoms with Crippen LogP contribution in [0.3, 0.4) is 0 Å². The van der Waals surface area contributed by atoms with Gasteiger partial charge in [-0.15, -0.1) is 0 Å². The van der Waals surface area contributed by atoms with Crippen molar-refractivity contribution in [3.63, 3.8) is 0 Å². The predicted octanol–water partition coefficient (Wildman–Crippen LogP) is 4.45. The number of nitrogens with zero attached hydrogens (tertiary/aromatic N) is 5. The van der Waals surface area contributed by atoms with E-state index in [2.05, 4.69) is 40.5 Å². The van der Waals surface area contributed by atoms with Gasteiger partial charge in [0.2, 0.25) is 0 Å². The van der Waals surface area contributed by atoms with Crippen LogP contribution in [0, 0.1) is 11.8 Å². The van der Waals surface area contributed by atoms with Crippen LogP contribution >= 0.6 is 0 Å². The molecule has 9 nitrogen and oxygen atoms in total. The molecule has 1 atom stereocenters. The highest BCUT2D eigenvalue weighted by Gasteiger charge is 2.31. The molecule has 37 heavy (non-hydrogen) atoms. The normalized spacial score (nSPS) is 19.5. The lowest BCUT2D eigenvalue weighted by Crippen LogP contribution is -2.38. The van der Waals surface area contributed by atoms with Gasteiger partial charge in [-0.2, -0.15) is 9.97 Å². The summed E-state index contributed by atoms with van der Waals surface area (Å²) in [6, 6.07) is 0.379. The number of fused-ring (bicyclic) bond motifs is 1. The second kappa shape index (κ2) is 13.6. The number of aromatic nitrogens is 4. The monoisotopic (exact) mass is 515 g/mol. The van der Waals surface area contributed by atoms with Gasteiger partial charge in [0.15, 0.2) is 11.5 Å². The van der Waals surface area contributed by atoms with Gasteiger partial charge >= 0.3 is 11.7 Å². The topological polar surface area (TPSA) is 105 Å². The summed E-state index contributed by atoms with van der Waals surface area (Å²) >= 11 is 0. The van der Waals surface area contributed by atoms with Gasteiger partial charge in [-0.3, -0.25) is 4.57 Å². The lowest BCUT2D eigenvalue weighted by molar-refractivity contribution is 0.147. The molecule has 4 rings (SSSR count). The Hall–Kier alpha value is -2.13. The van der Waals surface area contributed by atoms with E-state index in [1.54, 1.807) is 0 Å². The maximum atomic E-state index is 13.3. The molecular weight excluding hydrogens is 466 g/mol. The Kier molecular flexibility index (Phi) is 10.3. The van der Waals surface area contributed by atoms with Crippen LogP contribution in [-0.2, 0) is 0 Å². The molecule has 0 aliphatic carbocycles. The SMILES string of the molecule is CCCCOc1nc(N)c2[nH]c(=O)n(C(CCCCC3CCN(CC)CC3)C3CCN(CC)CC3)c2n1. The predicted molar refractivity (Wildman–Crippen MR) is 150 cm³/mol. The number of likely N-dealkylation sites (tertiary alicyclic amines) is 2. The maximum Gasteiger partial charge on any atom is 0.328 e. The van der Waals surface area contributed by atoms with Crippen molar-refractivity contribution in [2.45, 2.75) is 91.0 Å². The van der Waals surface area contributed by atoms with Crippen molar-refractivity contribution >= 4 is 17.0 Å². The average Bonchev–Trinajstić information content (AvgIpc) is 3.25. The molecule has 2 aromatic heterocycles. The minimum atomic E-state index is -0.128. The Bertz CT molecular complexity index is 1020. The Morgan fingerprint density at radius 3 is 2.30 bits per heavy atom. The lowest BCUT2D eigenvalue weighted by atomic mass is 9.85. The quantitative estimate of drug-likeness (QED) is 0.380. The fraction of sp³-hybridized carbons (Fsp3) is 0.821. The molecule has 0 amide bonds. The first-order valence-electron chi connectivity index (χ1n) is 14.9. The van der Waals surface area contributed by atoms with Crippen LogP contribution in [-0.4, -0.2) is 75.2 Å². The van der Waals surface area contributed by atoms with Crippen LogP contribution in [0.2, 0.25) is 0 Å². The number of nitrogens with one attached hydrogen (secondary N) is 1. The van der Waals surface area contributed by atoms with Crippen molar-refractivity contribution < 1.29 is 4.74 Å². The number of piperidine rings is 2. The average molecular weight is 516 g/mol. The second-order valence-corrected chi connectivity index (χ2v) is 11.1. The lowest BCUT2D eigenvalue weighted by Gasteiger charge is -2.36. The minimum absolute atomic E-state index is 0.111. The van der Waals surface area contributed by atoms with Gasteiger partial charge in [-0.05, 0) is 89.6 Å². The number of anilines is 1. The third-order valence-corrected chi connectivity index (χ3v) is 8.78. The van der Waals surface area contributed by atoms with Gasteiger partial charge in [-0.1, -0.05) is 46.5 Å². The van der Waals surface area contributed by atoms with Crippen molar-refractivity contribution in [3.05, 3.63) is 10.5 Å². The van der Waals surface area contributed by atoms with Gasteiger partial charge < -0.3 is 25.3 Å². The molecule has 3 N–H and O–H groups in total. The highest BCUT2D eigenvalue weighted by atomic mass is 16.5. The van der Waals surface area contributed by atoms with Crippen LogP contribution in [0.4, 0.5) is 5.82 Å². The molecule has 2 saturated heterocycles. The first-order valence-corrected chi connectivity index (χ1v) is 14.9. The molecule has 2 aromatic rings. The third kappa shape index (κ3) is 7.05. The number of rotatable bonds is 13. The number of H-pyrrole nitrogens is 1. The van der Waals surface area contributed by atoms with E-state index in [1.807, 2.05) is 4.57 Å². The van der Waals surface area contributed by atoms with E-state index >= 15 is 0 Å². The highest BCUT2D eigenvalue weighted by molar-refractivity contribution is 5.82. The number of nitrogen functional groups attached to an aromatic ring is 1. The Morgan fingerprint density at radius 1 is 0.973 bits per heavy atom. The molecule has 9 heteroatoms.